The summed E-state index contributed by atoms with van der Waals surface area (Å²) in [4.78, 5) is 22.9. The van der Waals surface area contributed by atoms with E-state index in [2.05, 4.69) is 9.69 Å². The van der Waals surface area contributed by atoms with Crippen molar-refractivity contribution in [2.45, 2.75) is 32.2 Å². The fourth-order valence-electron chi connectivity index (χ4n) is 1.65. The van der Waals surface area contributed by atoms with Gasteiger partial charge in [-0.15, -0.1) is 0 Å². The monoisotopic (exact) mass is 254 g/mol. The highest BCUT2D eigenvalue weighted by Gasteiger charge is 2.30. The summed E-state index contributed by atoms with van der Waals surface area (Å²) in [5, 5.41) is 13.2. The van der Waals surface area contributed by atoms with Gasteiger partial charge in [-0.3, -0.25) is 4.79 Å². The van der Waals surface area contributed by atoms with Crippen LogP contribution in [0.2, 0.25) is 0 Å². The summed E-state index contributed by atoms with van der Waals surface area (Å²) < 4.78 is 4.00. The van der Waals surface area contributed by atoms with Crippen LogP contribution in [0.5, 0.6) is 0 Å². The molecule has 5 nitrogen and oxygen atoms in total. The number of carbonyl (C=O) groups excluding carboxylic acids is 1. The van der Waals surface area contributed by atoms with Crippen molar-refractivity contribution < 1.29 is 14.7 Å². The summed E-state index contributed by atoms with van der Waals surface area (Å²) in [5.41, 5.74) is 1.11. The first-order valence-electron chi connectivity index (χ1n) is 5.52. The van der Waals surface area contributed by atoms with E-state index >= 15 is 0 Å². The van der Waals surface area contributed by atoms with Crippen molar-refractivity contribution in [1.82, 2.24) is 9.69 Å². The number of carboxylic acids is 1. The van der Waals surface area contributed by atoms with Crippen LogP contribution in [0, 0.1) is 12.8 Å². The second-order valence-electron chi connectivity index (χ2n) is 4.36. The van der Waals surface area contributed by atoms with E-state index in [4.69, 9.17) is 5.11 Å². The van der Waals surface area contributed by atoms with Crippen LogP contribution < -0.4 is 5.32 Å². The highest BCUT2D eigenvalue weighted by molar-refractivity contribution is 7.03. The zero-order valence-corrected chi connectivity index (χ0v) is 10.3. The highest BCUT2D eigenvalue weighted by Crippen LogP contribution is 2.33. The van der Waals surface area contributed by atoms with Crippen molar-refractivity contribution in [2.75, 3.05) is 0 Å². The number of nitrogens with zero attached hydrogens (tertiary/aromatic N) is 1. The molecule has 0 saturated heterocycles. The molecule has 1 atom stereocenters. The predicted molar refractivity (Wildman–Crippen MR) is 63.1 cm³/mol. The molecular formula is C11H14N2O3S. The topological polar surface area (TPSA) is 79.3 Å². The van der Waals surface area contributed by atoms with Gasteiger partial charge in [0.1, 0.15) is 6.04 Å². The van der Waals surface area contributed by atoms with E-state index in [-0.39, 0.29) is 5.91 Å². The van der Waals surface area contributed by atoms with Gasteiger partial charge in [-0.05, 0) is 30.8 Å². The lowest BCUT2D eigenvalue weighted by Crippen LogP contribution is -2.41. The summed E-state index contributed by atoms with van der Waals surface area (Å²) in [6.07, 6.45) is 2.66. The molecule has 1 unspecified atom stereocenters. The van der Waals surface area contributed by atoms with E-state index in [0.717, 1.165) is 12.8 Å². The Morgan fingerprint density at radius 1 is 1.65 bits per heavy atom. The number of aryl methyl sites for hydroxylation is 1. The Labute approximate surface area is 103 Å². The number of carboxylic acid groups (broad SMARTS) is 1. The van der Waals surface area contributed by atoms with Gasteiger partial charge < -0.3 is 10.4 Å². The number of carbonyl (C=O) groups is 2. The third-order valence-corrected chi connectivity index (χ3v) is 3.58. The average molecular weight is 254 g/mol. The van der Waals surface area contributed by atoms with E-state index in [0.29, 0.717) is 23.6 Å². The van der Waals surface area contributed by atoms with Crippen molar-refractivity contribution in [3.8, 4) is 0 Å². The van der Waals surface area contributed by atoms with Gasteiger partial charge in [0.25, 0.3) is 5.91 Å². The molecule has 1 heterocycles. The van der Waals surface area contributed by atoms with Crippen molar-refractivity contribution in [1.29, 1.82) is 0 Å². The number of amides is 1. The summed E-state index contributed by atoms with van der Waals surface area (Å²) >= 11 is 1.20. The molecule has 17 heavy (non-hydrogen) atoms. The Kier molecular flexibility index (Phi) is 3.42. The maximum atomic E-state index is 11.8. The second-order valence-corrected chi connectivity index (χ2v) is 4.99. The quantitative estimate of drug-likeness (QED) is 0.833. The molecule has 0 aliphatic heterocycles. The van der Waals surface area contributed by atoms with Crippen LogP contribution in [-0.2, 0) is 4.79 Å². The molecule has 1 fully saturated rings. The number of nitrogens with one attached hydrogen (secondary N) is 1. The van der Waals surface area contributed by atoms with Crippen LogP contribution in [0.15, 0.2) is 5.38 Å². The van der Waals surface area contributed by atoms with E-state index in [1.165, 1.54) is 11.5 Å². The number of hydrogen-bond acceptors (Lipinski definition) is 4. The summed E-state index contributed by atoms with van der Waals surface area (Å²) in [6.45, 7) is 1.74. The molecular weight excluding hydrogens is 240 g/mol. The lowest BCUT2D eigenvalue weighted by Gasteiger charge is -2.13. The smallest absolute Gasteiger partial charge is 0.326 e. The Bertz CT molecular complexity index is 440. The molecule has 1 aliphatic rings. The molecule has 0 aromatic carbocycles. The van der Waals surface area contributed by atoms with Gasteiger partial charge in [0.2, 0.25) is 0 Å². The summed E-state index contributed by atoms with van der Waals surface area (Å²) in [7, 11) is 0. The molecule has 1 saturated carbocycles. The van der Waals surface area contributed by atoms with Crippen LogP contribution in [0.1, 0.15) is 35.3 Å². The zero-order valence-electron chi connectivity index (χ0n) is 9.47. The standard InChI is InChI=1S/C11H14N2O3S/c1-6-8(5-17-13-6)10(14)12-9(11(15)16)4-7-2-3-7/h5,7,9H,2-4H2,1H3,(H,12,14)(H,15,16). The Hall–Kier alpha value is -1.43. The van der Waals surface area contributed by atoms with Crippen LogP contribution >= 0.6 is 11.5 Å². The molecule has 92 valence electrons. The first-order valence-corrected chi connectivity index (χ1v) is 6.36. The van der Waals surface area contributed by atoms with Gasteiger partial charge in [-0.25, -0.2) is 4.79 Å². The minimum Gasteiger partial charge on any atom is -0.480 e. The number of hydrogen-bond donors (Lipinski definition) is 2. The first kappa shape index (κ1) is 12.0. The van der Waals surface area contributed by atoms with E-state index in [9.17, 15) is 9.59 Å². The van der Waals surface area contributed by atoms with Crippen LogP contribution in [0.3, 0.4) is 0 Å². The van der Waals surface area contributed by atoms with Crippen LogP contribution in [0.4, 0.5) is 0 Å². The lowest BCUT2D eigenvalue weighted by atomic mass is 10.1. The molecule has 0 bridgehead atoms. The minimum absolute atomic E-state index is 0.343. The summed E-state index contributed by atoms with van der Waals surface area (Å²) in [6, 6.07) is -0.783. The summed E-state index contributed by atoms with van der Waals surface area (Å²) in [5.74, 6) is -0.853. The van der Waals surface area contributed by atoms with Gasteiger partial charge in [0, 0.05) is 5.38 Å². The third kappa shape index (κ3) is 3.03. The third-order valence-electron chi connectivity index (χ3n) is 2.86. The molecule has 6 heteroatoms. The lowest BCUT2D eigenvalue weighted by molar-refractivity contribution is -0.139. The highest BCUT2D eigenvalue weighted by atomic mass is 32.1. The number of rotatable bonds is 5. The average Bonchev–Trinajstić information content (AvgIpc) is 2.97. The van der Waals surface area contributed by atoms with Crippen molar-refractivity contribution in [3.05, 3.63) is 16.6 Å². The molecule has 0 radical (unpaired) electrons. The number of aliphatic carboxylic acids is 1. The first-order chi connectivity index (χ1) is 8.08. The second kappa shape index (κ2) is 4.83. The molecule has 2 N–H and O–H groups in total. The molecule has 1 aromatic heterocycles. The largest absolute Gasteiger partial charge is 0.480 e. The van der Waals surface area contributed by atoms with Crippen molar-refractivity contribution in [2.24, 2.45) is 5.92 Å². The molecule has 1 amide bonds. The minimum atomic E-state index is -0.967. The normalized spacial score (nSPS) is 16.5. The van der Waals surface area contributed by atoms with Crippen LogP contribution in [0.25, 0.3) is 0 Å². The van der Waals surface area contributed by atoms with E-state index in [1.54, 1.807) is 12.3 Å². The van der Waals surface area contributed by atoms with Crippen molar-refractivity contribution >= 4 is 23.4 Å². The van der Waals surface area contributed by atoms with Crippen LogP contribution in [-0.4, -0.2) is 27.4 Å². The van der Waals surface area contributed by atoms with Crippen molar-refractivity contribution in [3.63, 3.8) is 0 Å². The molecule has 1 aliphatic carbocycles. The fraction of sp³-hybridized carbons (Fsp3) is 0.545. The molecule has 0 spiro atoms. The van der Waals surface area contributed by atoms with Gasteiger partial charge in [0.05, 0.1) is 11.3 Å². The molecule has 1 aromatic rings. The van der Waals surface area contributed by atoms with Gasteiger partial charge >= 0.3 is 5.97 Å². The Balaban J connectivity index is 1.99. The van der Waals surface area contributed by atoms with Gasteiger partial charge in [-0.1, -0.05) is 12.8 Å². The van der Waals surface area contributed by atoms with E-state index in [1.807, 2.05) is 0 Å². The Morgan fingerprint density at radius 2 is 2.35 bits per heavy atom. The SMILES string of the molecule is Cc1nscc1C(=O)NC(CC1CC1)C(=O)O. The maximum Gasteiger partial charge on any atom is 0.326 e. The maximum absolute atomic E-state index is 11.8. The van der Waals surface area contributed by atoms with Gasteiger partial charge in [0.15, 0.2) is 0 Å². The molecule has 2 rings (SSSR count). The Morgan fingerprint density at radius 3 is 2.82 bits per heavy atom. The van der Waals surface area contributed by atoms with E-state index < -0.39 is 12.0 Å². The number of aromatic nitrogens is 1. The zero-order chi connectivity index (χ0) is 12.4. The predicted octanol–water partition coefficient (Wildman–Crippen LogP) is 1.43. The fourth-order valence-corrected chi connectivity index (χ4v) is 2.35. The van der Waals surface area contributed by atoms with Gasteiger partial charge in [-0.2, -0.15) is 4.37 Å².